The van der Waals surface area contributed by atoms with Gasteiger partial charge in [-0.3, -0.25) is 14.4 Å². The van der Waals surface area contributed by atoms with E-state index in [4.69, 9.17) is 39.3 Å². The van der Waals surface area contributed by atoms with E-state index in [1.54, 1.807) is 65.1 Å². The lowest BCUT2D eigenvalue weighted by Gasteiger charge is -2.59. The van der Waals surface area contributed by atoms with Crippen LogP contribution in [0.5, 0.6) is 0 Å². The molecule has 1 amide bonds. The number of hydrogen-bond donors (Lipinski definition) is 3. The molecule has 2 aromatic carbocycles. The van der Waals surface area contributed by atoms with Gasteiger partial charge in [0.25, 0.3) is 5.97 Å². The number of fused-ring (bicyclic) bond motifs is 3. The van der Waals surface area contributed by atoms with E-state index in [1.807, 2.05) is 58.0 Å². The van der Waals surface area contributed by atoms with Gasteiger partial charge >= 0.3 is 18.0 Å². The normalized spacial score (nSPS) is 28.6. The van der Waals surface area contributed by atoms with Crippen LogP contribution in [0.4, 0.5) is 4.79 Å². The Bertz CT molecular complexity index is 1800. The fraction of sp³-hybridized carbons (Fsp3) is 0.578. The molecule has 3 aliphatic rings. The SMILES string of the molecule is CC(=O)O.CC(C)(C)OC(N)=O.CO[C@H]1C(=O)C2(C)C(CO[C@@H](C)C[C@@H]2OC)[C@H](OC(=O)c2ccccc2)[C@]2(O)C[C@H](OC(=O)CCc3ccccc3)C(C)=C1C2(C)C. The van der Waals surface area contributed by atoms with Crippen LogP contribution >= 0.6 is 0 Å². The van der Waals surface area contributed by atoms with Gasteiger partial charge in [-0.15, -0.1) is 0 Å². The number of ketones is 1. The van der Waals surface area contributed by atoms with Crippen molar-refractivity contribution in [1.29, 1.82) is 0 Å². The monoisotopic (exact) mass is 825 g/mol. The number of carbonyl (C=O) groups excluding carboxylic acids is 4. The van der Waals surface area contributed by atoms with E-state index in [9.17, 15) is 19.5 Å². The number of benzene rings is 2. The summed E-state index contributed by atoms with van der Waals surface area (Å²) < 4.78 is 35.4. The highest BCUT2D eigenvalue weighted by atomic mass is 16.6. The second-order valence-corrected chi connectivity index (χ2v) is 17.0. The van der Waals surface area contributed by atoms with Gasteiger partial charge in [0.1, 0.15) is 29.5 Å². The highest BCUT2D eigenvalue weighted by Crippen LogP contribution is 2.59. The van der Waals surface area contributed by atoms with Crippen molar-refractivity contribution < 1.29 is 62.6 Å². The van der Waals surface area contributed by atoms with Crippen LogP contribution < -0.4 is 5.73 Å². The van der Waals surface area contributed by atoms with Crippen molar-refractivity contribution in [3.63, 3.8) is 0 Å². The van der Waals surface area contributed by atoms with Crippen molar-refractivity contribution >= 4 is 29.8 Å². The summed E-state index contributed by atoms with van der Waals surface area (Å²) >= 11 is 0. The number of hydrogen-bond acceptors (Lipinski definition) is 12. The fourth-order valence-corrected chi connectivity index (χ4v) is 8.42. The highest BCUT2D eigenvalue weighted by Gasteiger charge is 2.69. The molecular formula is C45H63NO13. The van der Waals surface area contributed by atoms with Crippen molar-refractivity contribution in [3.05, 3.63) is 82.9 Å². The first kappa shape index (κ1) is 48.7. The van der Waals surface area contributed by atoms with Crippen LogP contribution in [-0.4, -0.2) is 103 Å². The predicted octanol–water partition coefficient (Wildman–Crippen LogP) is 6.25. The lowest BCUT2D eigenvalue weighted by atomic mass is 9.50. The molecule has 2 fully saturated rings. The van der Waals surface area contributed by atoms with Gasteiger partial charge in [0, 0.05) is 51.7 Å². The minimum Gasteiger partial charge on any atom is -0.481 e. The van der Waals surface area contributed by atoms with Crippen molar-refractivity contribution in [1.82, 2.24) is 0 Å². The van der Waals surface area contributed by atoms with Gasteiger partial charge in [-0.2, -0.15) is 0 Å². The van der Waals surface area contributed by atoms with Gasteiger partial charge in [0.2, 0.25) is 0 Å². The molecule has 4 N–H and O–H groups in total. The molecule has 2 aliphatic carbocycles. The Hall–Kier alpha value is -4.63. The number of carboxylic acids is 1. The Labute approximate surface area is 347 Å². The summed E-state index contributed by atoms with van der Waals surface area (Å²) in [5.41, 5.74) is 2.43. The molecule has 2 bridgehead atoms. The van der Waals surface area contributed by atoms with Crippen molar-refractivity contribution in [2.45, 2.75) is 130 Å². The van der Waals surface area contributed by atoms with Gasteiger partial charge in [-0.1, -0.05) is 62.4 Å². The molecule has 1 saturated heterocycles. The topological polar surface area (TPSA) is 207 Å². The van der Waals surface area contributed by atoms with E-state index in [1.165, 1.54) is 7.11 Å². The van der Waals surface area contributed by atoms with E-state index >= 15 is 4.79 Å². The van der Waals surface area contributed by atoms with Crippen LogP contribution in [0.1, 0.15) is 97.5 Å². The number of ether oxygens (including phenoxy) is 6. The number of methoxy groups -OCH3 is 2. The largest absolute Gasteiger partial charge is 0.481 e. The summed E-state index contributed by atoms with van der Waals surface area (Å²) in [6, 6.07) is 18.2. The van der Waals surface area contributed by atoms with Crippen molar-refractivity contribution in [2.75, 3.05) is 20.8 Å². The van der Waals surface area contributed by atoms with Crippen LogP contribution in [0.2, 0.25) is 0 Å². The maximum atomic E-state index is 15.0. The first-order chi connectivity index (χ1) is 27.4. The number of nitrogens with two attached hydrogens (primary N) is 1. The Balaban J connectivity index is 0.000000677. The molecule has 0 aromatic heterocycles. The lowest BCUT2D eigenvalue weighted by molar-refractivity contribution is -0.220. The quantitative estimate of drug-likeness (QED) is 0.153. The molecule has 14 nitrogen and oxygen atoms in total. The number of aliphatic hydroxyl groups is 1. The molecule has 2 unspecified atom stereocenters. The third kappa shape index (κ3) is 11.6. The Morgan fingerprint density at radius 2 is 1.49 bits per heavy atom. The number of rotatable bonds is 8. The fourth-order valence-electron chi connectivity index (χ4n) is 8.42. The molecule has 326 valence electrons. The third-order valence-corrected chi connectivity index (χ3v) is 11.5. The second kappa shape index (κ2) is 20.1. The summed E-state index contributed by atoms with van der Waals surface area (Å²) in [5, 5.41) is 20.6. The van der Waals surface area contributed by atoms with E-state index in [-0.39, 0.29) is 31.3 Å². The summed E-state index contributed by atoms with van der Waals surface area (Å²) in [5.74, 6) is -3.02. The predicted molar refractivity (Wildman–Crippen MR) is 218 cm³/mol. The number of aliphatic carboxylic acids is 1. The van der Waals surface area contributed by atoms with Crippen LogP contribution in [0.3, 0.4) is 0 Å². The number of carbonyl (C=O) groups is 5. The zero-order valence-electron chi connectivity index (χ0n) is 36.2. The Kier molecular flexibility index (Phi) is 16.6. The molecule has 59 heavy (non-hydrogen) atoms. The average molecular weight is 826 g/mol. The zero-order chi connectivity index (χ0) is 44.5. The van der Waals surface area contributed by atoms with Crippen LogP contribution in [0, 0.1) is 16.7 Å². The first-order valence-electron chi connectivity index (χ1n) is 19.8. The maximum absolute atomic E-state index is 15.0. The molecule has 0 radical (unpaired) electrons. The van der Waals surface area contributed by atoms with E-state index in [0.29, 0.717) is 29.6 Å². The number of Topliss-reactive ketones (excluding diaryl/α,β-unsaturated/α-hetero) is 1. The first-order valence-corrected chi connectivity index (χ1v) is 19.8. The van der Waals surface area contributed by atoms with Crippen molar-refractivity contribution in [2.24, 2.45) is 22.5 Å². The van der Waals surface area contributed by atoms with E-state index in [0.717, 1.165) is 12.5 Å². The average Bonchev–Trinajstić information content (AvgIpc) is 3.28. The summed E-state index contributed by atoms with van der Waals surface area (Å²) in [4.78, 5) is 61.2. The molecule has 1 saturated carbocycles. The van der Waals surface area contributed by atoms with Gasteiger partial charge in [0.05, 0.1) is 29.8 Å². The highest BCUT2D eigenvalue weighted by molar-refractivity contribution is 5.94. The Morgan fingerprint density at radius 3 is 1.98 bits per heavy atom. The summed E-state index contributed by atoms with van der Waals surface area (Å²) in [6.07, 6.45) is -3.91. The van der Waals surface area contributed by atoms with Crippen molar-refractivity contribution in [3.8, 4) is 0 Å². The number of primary amides is 1. The third-order valence-electron chi connectivity index (χ3n) is 11.5. The molecular weight excluding hydrogens is 762 g/mol. The molecule has 5 rings (SSSR count). The molecule has 0 spiro atoms. The molecule has 1 aliphatic heterocycles. The Morgan fingerprint density at radius 1 is 0.932 bits per heavy atom. The van der Waals surface area contributed by atoms with Crippen LogP contribution in [0.25, 0.3) is 0 Å². The smallest absolute Gasteiger partial charge is 0.405 e. The number of amides is 1. The second-order valence-electron chi connectivity index (χ2n) is 17.0. The minimum absolute atomic E-state index is 0.0182. The van der Waals surface area contributed by atoms with Crippen LogP contribution in [0.15, 0.2) is 71.8 Å². The molecule has 2 aromatic rings. The number of aryl methyl sites for hydroxylation is 1. The summed E-state index contributed by atoms with van der Waals surface area (Å²) in [6.45, 7) is 15.6. The lowest BCUT2D eigenvalue weighted by Crippen LogP contribution is -2.70. The maximum Gasteiger partial charge on any atom is 0.405 e. The van der Waals surface area contributed by atoms with E-state index in [2.05, 4.69) is 4.74 Å². The number of esters is 2. The molecule has 1 heterocycles. The summed E-state index contributed by atoms with van der Waals surface area (Å²) in [7, 11) is 3.02. The molecule has 14 heteroatoms. The van der Waals surface area contributed by atoms with Gasteiger partial charge in [-0.05, 0) is 76.8 Å². The standard InChI is InChI=1S/C38H48O9.C5H11NO2.C2H4O2/c1-23-20-29(43-6)37(5)27(22-45-23)34(47-35(41)26-16-12-9-13-17-26)38(42)21-28(46-30(39)19-18-25-14-10-8-11-15-25)24(2)31(36(38,3)4)32(44-7)33(37)40;1-5(2,3)8-4(6)7;1-2(3)4/h8-17,23,27-29,32,34,42H,18-22H2,1-7H3;1-3H3,(H2,6,7);1H3,(H,3,4)/t23-,27?,28-,29-,32+,34-,37?,38+;;/m0../s1. The van der Waals surface area contributed by atoms with Crippen LogP contribution in [-0.2, 0) is 49.2 Å². The minimum atomic E-state index is -1.82. The van der Waals surface area contributed by atoms with E-state index < -0.39 is 76.4 Å². The van der Waals surface area contributed by atoms with Gasteiger partial charge in [0.15, 0.2) is 5.78 Å². The molecule has 8 atom stereocenters. The van der Waals surface area contributed by atoms with Gasteiger partial charge in [-0.25, -0.2) is 9.59 Å². The zero-order valence-corrected chi connectivity index (χ0v) is 36.2. The van der Waals surface area contributed by atoms with Gasteiger partial charge < -0.3 is 44.4 Å². The number of carboxylic acid groups (broad SMARTS) is 1.